The van der Waals surface area contributed by atoms with Crippen LogP contribution in [-0.4, -0.2) is 53.0 Å². The Balaban J connectivity index is 0.00000320. The molecule has 164 valence electrons. The molecule has 1 heterocycles. The van der Waals surface area contributed by atoms with Crippen molar-refractivity contribution in [1.29, 1.82) is 0 Å². The first-order chi connectivity index (χ1) is 14.0. The molecule has 3 rings (SSSR count). The molecule has 0 saturated carbocycles. The number of piperidine rings is 1. The van der Waals surface area contributed by atoms with Gasteiger partial charge in [0, 0.05) is 19.0 Å². The summed E-state index contributed by atoms with van der Waals surface area (Å²) in [5.41, 5.74) is 0. The Bertz CT molecular complexity index is 978. The van der Waals surface area contributed by atoms with Crippen LogP contribution in [0.4, 0.5) is 0 Å². The lowest BCUT2D eigenvalue weighted by molar-refractivity contribution is -0.126. The number of carbonyl (C=O) groups is 2. The molecule has 0 aromatic heterocycles. The van der Waals surface area contributed by atoms with Gasteiger partial charge in [-0.25, -0.2) is 13.1 Å². The van der Waals surface area contributed by atoms with E-state index in [4.69, 9.17) is 0 Å². The summed E-state index contributed by atoms with van der Waals surface area (Å²) in [6.45, 7) is 1.87. The SMILES string of the molecule is Cl.O=C(CNS(=O)(=O)c1ccc2ccccc2c1)NCCNC(=O)C1CCNCC1. The Hall–Kier alpha value is -2.20. The van der Waals surface area contributed by atoms with Crippen LogP contribution in [0.1, 0.15) is 12.8 Å². The number of sulfonamides is 1. The van der Waals surface area contributed by atoms with E-state index in [1.54, 1.807) is 12.1 Å². The highest BCUT2D eigenvalue weighted by atomic mass is 35.5. The van der Waals surface area contributed by atoms with E-state index in [0.717, 1.165) is 36.7 Å². The fourth-order valence-electron chi connectivity index (χ4n) is 3.26. The summed E-state index contributed by atoms with van der Waals surface area (Å²) in [6, 6.07) is 12.3. The molecule has 0 aliphatic carbocycles. The average molecular weight is 455 g/mol. The van der Waals surface area contributed by atoms with Crippen LogP contribution in [0, 0.1) is 5.92 Å². The fourth-order valence-corrected chi connectivity index (χ4v) is 4.27. The molecule has 4 N–H and O–H groups in total. The average Bonchev–Trinajstić information content (AvgIpc) is 2.75. The minimum atomic E-state index is -3.79. The van der Waals surface area contributed by atoms with E-state index in [-0.39, 0.29) is 42.2 Å². The minimum absolute atomic E-state index is 0. The van der Waals surface area contributed by atoms with E-state index in [1.165, 1.54) is 6.07 Å². The Morgan fingerprint density at radius 3 is 2.37 bits per heavy atom. The van der Waals surface area contributed by atoms with Gasteiger partial charge in [0.05, 0.1) is 11.4 Å². The molecule has 8 nitrogen and oxygen atoms in total. The van der Waals surface area contributed by atoms with Gasteiger partial charge in [-0.15, -0.1) is 12.4 Å². The van der Waals surface area contributed by atoms with Crippen LogP contribution in [0.15, 0.2) is 47.4 Å². The minimum Gasteiger partial charge on any atom is -0.354 e. The zero-order valence-corrected chi connectivity index (χ0v) is 18.2. The molecule has 0 bridgehead atoms. The number of amides is 2. The summed E-state index contributed by atoms with van der Waals surface area (Å²) in [4.78, 5) is 24.0. The van der Waals surface area contributed by atoms with E-state index in [9.17, 15) is 18.0 Å². The summed E-state index contributed by atoms with van der Waals surface area (Å²) in [5, 5.41) is 10.4. The standard InChI is InChI=1S/C20H26N4O4S.ClH/c25-19(22-11-12-23-20(26)16-7-9-21-10-8-16)14-24-29(27,28)18-6-5-15-3-1-2-4-17(15)13-18;/h1-6,13,16,21,24H,7-12,14H2,(H,22,25)(H,23,26);1H. The van der Waals surface area contributed by atoms with E-state index in [1.807, 2.05) is 24.3 Å². The van der Waals surface area contributed by atoms with Gasteiger partial charge in [-0.1, -0.05) is 30.3 Å². The number of carbonyl (C=O) groups excluding carboxylic acids is 2. The molecule has 1 fully saturated rings. The summed E-state index contributed by atoms with van der Waals surface area (Å²) < 4.78 is 27.1. The van der Waals surface area contributed by atoms with Gasteiger partial charge in [0.2, 0.25) is 21.8 Å². The van der Waals surface area contributed by atoms with Gasteiger partial charge >= 0.3 is 0 Å². The van der Waals surface area contributed by atoms with Crippen LogP contribution >= 0.6 is 12.4 Å². The third-order valence-corrected chi connectivity index (χ3v) is 6.31. The Labute approximate surface area is 182 Å². The second-order valence-electron chi connectivity index (χ2n) is 7.00. The monoisotopic (exact) mass is 454 g/mol. The van der Waals surface area contributed by atoms with Crippen LogP contribution in [0.3, 0.4) is 0 Å². The number of benzene rings is 2. The Morgan fingerprint density at radius 1 is 0.967 bits per heavy atom. The fraction of sp³-hybridized carbons (Fsp3) is 0.400. The maximum Gasteiger partial charge on any atom is 0.241 e. The summed E-state index contributed by atoms with van der Waals surface area (Å²) >= 11 is 0. The number of fused-ring (bicyclic) bond motifs is 1. The van der Waals surface area contributed by atoms with Crippen molar-refractivity contribution in [3.8, 4) is 0 Å². The zero-order valence-electron chi connectivity index (χ0n) is 16.5. The molecular weight excluding hydrogens is 428 g/mol. The third kappa shape index (κ3) is 6.66. The second kappa shape index (κ2) is 11.3. The van der Waals surface area contributed by atoms with Crippen LogP contribution < -0.4 is 20.7 Å². The predicted molar refractivity (Wildman–Crippen MR) is 118 cm³/mol. The molecule has 2 aromatic carbocycles. The highest BCUT2D eigenvalue weighted by Gasteiger charge is 2.20. The van der Waals surface area contributed by atoms with Crippen LogP contribution in [0.2, 0.25) is 0 Å². The molecule has 0 unspecified atom stereocenters. The zero-order chi connectivity index (χ0) is 20.7. The molecule has 1 aliphatic heterocycles. The van der Waals surface area contributed by atoms with Gasteiger partial charge in [-0.05, 0) is 48.8 Å². The third-order valence-electron chi connectivity index (χ3n) is 4.91. The van der Waals surface area contributed by atoms with Crippen molar-refractivity contribution < 1.29 is 18.0 Å². The number of halogens is 1. The maximum absolute atomic E-state index is 12.4. The van der Waals surface area contributed by atoms with Crippen LogP contribution in [0.5, 0.6) is 0 Å². The van der Waals surface area contributed by atoms with Crippen molar-refractivity contribution in [2.45, 2.75) is 17.7 Å². The molecule has 1 saturated heterocycles. The van der Waals surface area contributed by atoms with E-state index >= 15 is 0 Å². The topological polar surface area (TPSA) is 116 Å². The lowest BCUT2D eigenvalue weighted by atomic mass is 9.97. The highest BCUT2D eigenvalue weighted by molar-refractivity contribution is 7.89. The molecule has 1 aliphatic rings. The van der Waals surface area contributed by atoms with Crippen molar-refractivity contribution in [2.24, 2.45) is 5.92 Å². The van der Waals surface area contributed by atoms with Crippen molar-refractivity contribution in [3.63, 3.8) is 0 Å². The van der Waals surface area contributed by atoms with E-state index in [2.05, 4.69) is 20.7 Å². The maximum atomic E-state index is 12.4. The summed E-state index contributed by atoms with van der Waals surface area (Å²) in [6.07, 6.45) is 1.63. The van der Waals surface area contributed by atoms with Gasteiger partial charge in [0.15, 0.2) is 0 Å². The largest absolute Gasteiger partial charge is 0.354 e. The quantitative estimate of drug-likeness (QED) is 0.440. The van der Waals surface area contributed by atoms with Gasteiger partial charge in [-0.2, -0.15) is 0 Å². The van der Waals surface area contributed by atoms with Crippen molar-refractivity contribution in [1.82, 2.24) is 20.7 Å². The summed E-state index contributed by atoms with van der Waals surface area (Å²) in [7, 11) is -3.79. The molecule has 10 heteroatoms. The lowest BCUT2D eigenvalue weighted by Gasteiger charge is -2.21. The lowest BCUT2D eigenvalue weighted by Crippen LogP contribution is -2.43. The van der Waals surface area contributed by atoms with Crippen LogP contribution in [-0.2, 0) is 19.6 Å². The van der Waals surface area contributed by atoms with Crippen molar-refractivity contribution >= 4 is 45.0 Å². The van der Waals surface area contributed by atoms with Crippen molar-refractivity contribution in [3.05, 3.63) is 42.5 Å². The molecule has 0 radical (unpaired) electrons. The molecule has 2 aromatic rings. The number of hydrogen-bond donors (Lipinski definition) is 4. The summed E-state index contributed by atoms with van der Waals surface area (Å²) in [5.74, 6) is -0.441. The van der Waals surface area contributed by atoms with Gasteiger partial charge in [0.25, 0.3) is 0 Å². The normalized spacial score (nSPS) is 14.7. The van der Waals surface area contributed by atoms with E-state index < -0.39 is 15.9 Å². The first kappa shape index (κ1) is 24.1. The van der Waals surface area contributed by atoms with Crippen molar-refractivity contribution in [2.75, 3.05) is 32.7 Å². The smallest absolute Gasteiger partial charge is 0.241 e. The number of nitrogens with one attached hydrogen (secondary N) is 4. The first-order valence-corrected chi connectivity index (χ1v) is 11.2. The molecule has 2 amide bonds. The number of hydrogen-bond acceptors (Lipinski definition) is 5. The molecule has 0 atom stereocenters. The van der Waals surface area contributed by atoms with Crippen LogP contribution in [0.25, 0.3) is 10.8 Å². The van der Waals surface area contributed by atoms with Gasteiger partial charge in [-0.3, -0.25) is 9.59 Å². The van der Waals surface area contributed by atoms with Gasteiger partial charge in [0.1, 0.15) is 0 Å². The van der Waals surface area contributed by atoms with Gasteiger partial charge < -0.3 is 16.0 Å². The molecule has 30 heavy (non-hydrogen) atoms. The first-order valence-electron chi connectivity index (χ1n) is 9.69. The van der Waals surface area contributed by atoms with E-state index in [0.29, 0.717) is 6.54 Å². The molecular formula is C20H27ClN4O4S. The second-order valence-corrected chi connectivity index (χ2v) is 8.77. The Morgan fingerprint density at radius 2 is 1.63 bits per heavy atom. The predicted octanol–water partition coefficient (Wildman–Crippen LogP) is 0.772. The molecule has 0 spiro atoms. The Kier molecular flexibility index (Phi) is 9.04. The number of rotatable bonds is 8. The highest BCUT2D eigenvalue weighted by Crippen LogP contribution is 2.18.